The molecule has 0 aromatic carbocycles. The maximum atomic E-state index is 4.18. The summed E-state index contributed by atoms with van der Waals surface area (Å²) in [7, 11) is 0. The smallest absolute Gasteiger partial charge is 0.00849 e. The van der Waals surface area contributed by atoms with Gasteiger partial charge in [-0.1, -0.05) is 82.9 Å². The van der Waals surface area contributed by atoms with E-state index in [4.69, 9.17) is 0 Å². The van der Waals surface area contributed by atoms with E-state index in [0.717, 1.165) is 6.42 Å². The maximum Gasteiger partial charge on any atom is 0.00849 e. The lowest BCUT2D eigenvalue weighted by molar-refractivity contribution is 0.0284. The number of allylic oxidation sites excluding steroid dienone is 7. The molecule has 0 heterocycles. The number of hydrogen-bond acceptors (Lipinski definition) is 0. The second-order valence-electron chi connectivity index (χ2n) is 9.35. The van der Waals surface area contributed by atoms with Crippen LogP contribution in [0.4, 0.5) is 0 Å². The third kappa shape index (κ3) is 4.04. The number of unbranched alkanes of at least 4 members (excludes halogenated alkanes) is 4. The molecule has 0 aliphatic heterocycles. The molecule has 0 nitrogen and oxygen atoms in total. The van der Waals surface area contributed by atoms with Crippen LogP contribution < -0.4 is 0 Å². The van der Waals surface area contributed by atoms with Crippen LogP contribution in [0, 0.1) is 16.7 Å². The van der Waals surface area contributed by atoms with E-state index in [2.05, 4.69) is 66.3 Å². The topological polar surface area (TPSA) is 0 Å². The van der Waals surface area contributed by atoms with E-state index in [1.54, 1.807) is 11.1 Å². The van der Waals surface area contributed by atoms with Crippen LogP contribution in [-0.4, -0.2) is 0 Å². The van der Waals surface area contributed by atoms with Gasteiger partial charge in [0.15, 0.2) is 0 Å². The number of rotatable bonds is 7. The number of hydrogen-bond donors (Lipinski definition) is 0. The Labute approximate surface area is 157 Å². The first-order valence-corrected chi connectivity index (χ1v) is 10.5. The van der Waals surface area contributed by atoms with Gasteiger partial charge in [-0.3, -0.25) is 0 Å². The van der Waals surface area contributed by atoms with Crippen molar-refractivity contribution in [1.29, 1.82) is 0 Å². The van der Waals surface area contributed by atoms with Gasteiger partial charge in [-0.15, -0.1) is 0 Å². The van der Waals surface area contributed by atoms with Gasteiger partial charge in [0, 0.05) is 5.92 Å². The quantitative estimate of drug-likeness (QED) is 0.324. The summed E-state index contributed by atoms with van der Waals surface area (Å²) in [5, 5.41) is 0. The molecule has 2 atom stereocenters. The van der Waals surface area contributed by atoms with E-state index < -0.39 is 0 Å². The molecule has 0 spiro atoms. The van der Waals surface area contributed by atoms with Crippen molar-refractivity contribution >= 4 is 0 Å². The fourth-order valence-corrected chi connectivity index (χ4v) is 4.98. The minimum atomic E-state index is 0.323. The maximum absolute atomic E-state index is 4.18. The Kier molecular flexibility index (Phi) is 6.57. The Balaban J connectivity index is 2.38. The van der Waals surface area contributed by atoms with E-state index >= 15 is 0 Å². The van der Waals surface area contributed by atoms with E-state index in [9.17, 15) is 0 Å². The molecular formula is C25H40. The lowest BCUT2D eigenvalue weighted by Crippen LogP contribution is -2.47. The summed E-state index contributed by atoms with van der Waals surface area (Å²) in [6.45, 7) is 18.6. The zero-order valence-corrected chi connectivity index (χ0v) is 17.7. The van der Waals surface area contributed by atoms with Gasteiger partial charge >= 0.3 is 0 Å². The Morgan fingerprint density at radius 3 is 2.60 bits per heavy atom. The van der Waals surface area contributed by atoms with Crippen LogP contribution in [0.5, 0.6) is 0 Å². The molecule has 2 aliphatic carbocycles. The second-order valence-corrected chi connectivity index (χ2v) is 9.35. The van der Waals surface area contributed by atoms with E-state index in [1.807, 2.05) is 0 Å². The average molecular weight is 341 g/mol. The molecule has 0 aromatic rings. The van der Waals surface area contributed by atoms with Gasteiger partial charge in [-0.25, -0.2) is 0 Å². The summed E-state index contributed by atoms with van der Waals surface area (Å²) < 4.78 is 0. The van der Waals surface area contributed by atoms with E-state index in [1.165, 1.54) is 56.1 Å². The SMILES string of the molecule is C=CC1=C(/C(C)=C\CCCCCC)C2C=C(C)CCC2(C)C(C)(C)C1. The van der Waals surface area contributed by atoms with Crippen LogP contribution in [0.1, 0.15) is 92.9 Å². The monoisotopic (exact) mass is 340 g/mol. The average Bonchev–Trinajstić information content (AvgIpc) is 2.56. The van der Waals surface area contributed by atoms with Crippen molar-refractivity contribution < 1.29 is 0 Å². The summed E-state index contributed by atoms with van der Waals surface area (Å²) in [4.78, 5) is 0. The Morgan fingerprint density at radius 2 is 1.96 bits per heavy atom. The van der Waals surface area contributed by atoms with Gasteiger partial charge in [-0.05, 0) is 67.9 Å². The molecule has 25 heavy (non-hydrogen) atoms. The van der Waals surface area contributed by atoms with Gasteiger partial charge in [-0.2, -0.15) is 0 Å². The van der Waals surface area contributed by atoms with Crippen LogP contribution >= 0.6 is 0 Å². The first-order chi connectivity index (χ1) is 11.8. The molecule has 0 fully saturated rings. The standard InChI is InChI=1S/C25H40/c1-8-10-11-12-13-14-20(4)23-21(9-2)18-24(5,6)25(7)16-15-19(3)17-22(23)25/h9,14,17,22H,2,8,10-13,15-16,18H2,1,3-7H3/b20-14-. The highest BCUT2D eigenvalue weighted by Crippen LogP contribution is 2.61. The predicted molar refractivity (Wildman–Crippen MR) is 113 cm³/mol. The fourth-order valence-electron chi connectivity index (χ4n) is 4.98. The Hall–Kier alpha value is -1.04. The highest BCUT2D eigenvalue weighted by Gasteiger charge is 2.51. The van der Waals surface area contributed by atoms with Crippen molar-refractivity contribution in [3.8, 4) is 0 Å². The van der Waals surface area contributed by atoms with Gasteiger partial charge in [0.1, 0.15) is 0 Å². The van der Waals surface area contributed by atoms with Crippen molar-refractivity contribution in [2.45, 2.75) is 92.9 Å². The largest absolute Gasteiger partial charge is 0.0988 e. The van der Waals surface area contributed by atoms with Crippen LogP contribution in [0.2, 0.25) is 0 Å². The molecular weight excluding hydrogens is 300 g/mol. The summed E-state index contributed by atoms with van der Waals surface area (Å²) in [5.74, 6) is 0.546. The molecule has 0 aromatic heterocycles. The summed E-state index contributed by atoms with van der Waals surface area (Å²) in [6.07, 6.45) is 17.5. The van der Waals surface area contributed by atoms with Crippen LogP contribution in [0.15, 0.2) is 47.1 Å². The van der Waals surface area contributed by atoms with Gasteiger partial charge in [0.05, 0.1) is 0 Å². The molecule has 2 rings (SSSR count). The molecule has 0 radical (unpaired) electrons. The van der Waals surface area contributed by atoms with Crippen molar-refractivity contribution in [3.05, 3.63) is 47.1 Å². The summed E-state index contributed by atoms with van der Waals surface area (Å²) in [5.41, 5.74) is 6.82. The van der Waals surface area contributed by atoms with Gasteiger partial charge < -0.3 is 0 Å². The summed E-state index contributed by atoms with van der Waals surface area (Å²) >= 11 is 0. The van der Waals surface area contributed by atoms with E-state index in [-0.39, 0.29) is 0 Å². The lowest BCUT2D eigenvalue weighted by Gasteiger charge is -2.56. The first-order valence-electron chi connectivity index (χ1n) is 10.5. The zero-order chi connectivity index (χ0) is 18.7. The highest BCUT2D eigenvalue weighted by atomic mass is 14.6. The summed E-state index contributed by atoms with van der Waals surface area (Å²) in [6, 6.07) is 0. The Bertz CT molecular complexity index is 581. The van der Waals surface area contributed by atoms with Gasteiger partial charge in [0.25, 0.3) is 0 Å². The van der Waals surface area contributed by atoms with E-state index in [0.29, 0.717) is 16.7 Å². The zero-order valence-electron chi connectivity index (χ0n) is 17.7. The fraction of sp³-hybridized carbons (Fsp3) is 0.680. The molecule has 2 aliphatic rings. The molecule has 0 saturated heterocycles. The van der Waals surface area contributed by atoms with Crippen molar-refractivity contribution in [2.24, 2.45) is 16.7 Å². The lowest BCUT2D eigenvalue weighted by atomic mass is 9.48. The van der Waals surface area contributed by atoms with Crippen LogP contribution in [0.25, 0.3) is 0 Å². The predicted octanol–water partition coefficient (Wildman–Crippen LogP) is 8.18. The van der Waals surface area contributed by atoms with Crippen molar-refractivity contribution in [1.82, 2.24) is 0 Å². The minimum absolute atomic E-state index is 0.323. The highest BCUT2D eigenvalue weighted by molar-refractivity contribution is 5.47. The van der Waals surface area contributed by atoms with Crippen molar-refractivity contribution in [2.75, 3.05) is 0 Å². The molecule has 140 valence electrons. The number of fused-ring (bicyclic) bond motifs is 1. The first kappa shape index (κ1) is 20.3. The molecule has 0 heteroatoms. The van der Waals surface area contributed by atoms with Crippen molar-refractivity contribution in [3.63, 3.8) is 0 Å². The molecule has 2 unspecified atom stereocenters. The molecule has 0 amide bonds. The minimum Gasteiger partial charge on any atom is -0.0988 e. The Morgan fingerprint density at radius 1 is 1.24 bits per heavy atom. The second kappa shape index (κ2) is 8.11. The molecule has 0 bridgehead atoms. The molecule has 0 saturated carbocycles. The third-order valence-electron chi connectivity index (χ3n) is 7.19. The van der Waals surface area contributed by atoms with Gasteiger partial charge in [0.2, 0.25) is 0 Å². The normalized spacial score (nSPS) is 29.3. The van der Waals surface area contributed by atoms with Crippen LogP contribution in [-0.2, 0) is 0 Å². The third-order valence-corrected chi connectivity index (χ3v) is 7.19. The van der Waals surface area contributed by atoms with Crippen LogP contribution in [0.3, 0.4) is 0 Å². The molecule has 0 N–H and O–H groups in total.